The Balaban J connectivity index is 1.82. The van der Waals surface area contributed by atoms with Crippen molar-refractivity contribution >= 4 is 5.97 Å². The van der Waals surface area contributed by atoms with Gasteiger partial charge in [-0.15, -0.1) is 0 Å². The summed E-state index contributed by atoms with van der Waals surface area (Å²) in [5.74, 6) is -0.297. The van der Waals surface area contributed by atoms with Crippen LogP contribution in [-0.2, 0) is 28.5 Å². The van der Waals surface area contributed by atoms with Crippen LogP contribution < -0.4 is 0 Å². The van der Waals surface area contributed by atoms with Crippen LogP contribution in [-0.4, -0.2) is 43.8 Å². The molecule has 2 fully saturated rings. The van der Waals surface area contributed by atoms with Crippen molar-refractivity contribution in [3.8, 4) is 0 Å². The number of rotatable bonds is 3. The summed E-state index contributed by atoms with van der Waals surface area (Å²) in [5.41, 5.74) is 0.298. The molecule has 1 aromatic carbocycles. The highest BCUT2D eigenvalue weighted by Gasteiger charge is 2.54. The van der Waals surface area contributed by atoms with Crippen LogP contribution in [0.15, 0.2) is 30.3 Å². The minimum Gasteiger partial charge on any atom is -0.456 e. The standard InChI is InChI=1S/C19H26O6/c1-11-13(25-18(20)19(2,3)4)14-15(17(21-5)22-11)24-16(23-14)12-9-7-6-8-10-12/h6-11,13-17H,1-5H3/t11-,13-,14+,15+,16-,17+/m0/s1. The van der Waals surface area contributed by atoms with E-state index in [0.29, 0.717) is 0 Å². The van der Waals surface area contributed by atoms with Crippen LogP contribution in [0.4, 0.5) is 0 Å². The first-order valence-electron chi connectivity index (χ1n) is 8.56. The van der Waals surface area contributed by atoms with Gasteiger partial charge >= 0.3 is 5.97 Å². The van der Waals surface area contributed by atoms with Crippen LogP contribution >= 0.6 is 0 Å². The molecule has 0 amide bonds. The van der Waals surface area contributed by atoms with Gasteiger partial charge in [-0.3, -0.25) is 4.79 Å². The van der Waals surface area contributed by atoms with Crippen molar-refractivity contribution in [2.75, 3.05) is 7.11 Å². The molecule has 25 heavy (non-hydrogen) atoms. The van der Waals surface area contributed by atoms with Gasteiger partial charge in [0.25, 0.3) is 0 Å². The van der Waals surface area contributed by atoms with E-state index in [2.05, 4.69) is 0 Å². The Morgan fingerprint density at radius 2 is 1.68 bits per heavy atom. The number of fused-ring (bicyclic) bond motifs is 1. The topological polar surface area (TPSA) is 63.2 Å². The van der Waals surface area contributed by atoms with Crippen molar-refractivity contribution in [3.05, 3.63) is 35.9 Å². The SMILES string of the molecule is CO[C@@H]1O[C@@H](C)[C@H](OC(=O)C(C)(C)C)[C@H]2O[C@H](c3ccccc3)O[C@@H]12. The summed E-state index contributed by atoms with van der Waals surface area (Å²) in [6.07, 6.45) is -2.96. The predicted molar refractivity (Wildman–Crippen MR) is 89.6 cm³/mol. The molecular weight excluding hydrogens is 324 g/mol. The summed E-state index contributed by atoms with van der Waals surface area (Å²) in [7, 11) is 1.56. The Hall–Kier alpha value is -1.47. The number of hydrogen-bond donors (Lipinski definition) is 0. The first-order valence-corrected chi connectivity index (χ1v) is 8.56. The second-order valence-electron chi connectivity index (χ2n) is 7.51. The molecule has 6 heteroatoms. The third-order valence-electron chi connectivity index (χ3n) is 4.45. The molecular formula is C19H26O6. The van der Waals surface area contributed by atoms with E-state index in [0.717, 1.165) is 5.56 Å². The van der Waals surface area contributed by atoms with Crippen molar-refractivity contribution in [2.24, 2.45) is 5.41 Å². The van der Waals surface area contributed by atoms with Crippen molar-refractivity contribution in [1.29, 1.82) is 0 Å². The van der Waals surface area contributed by atoms with Gasteiger partial charge in [-0.2, -0.15) is 0 Å². The van der Waals surface area contributed by atoms with E-state index >= 15 is 0 Å². The van der Waals surface area contributed by atoms with Crippen LogP contribution in [0.3, 0.4) is 0 Å². The molecule has 3 rings (SSSR count). The second kappa shape index (κ2) is 7.03. The molecule has 1 aromatic rings. The fraction of sp³-hybridized carbons (Fsp3) is 0.632. The normalized spacial score (nSPS) is 35.2. The number of hydrogen-bond acceptors (Lipinski definition) is 6. The van der Waals surface area contributed by atoms with Crippen LogP contribution in [0.2, 0.25) is 0 Å². The molecule has 2 aliphatic rings. The van der Waals surface area contributed by atoms with E-state index in [1.165, 1.54) is 0 Å². The minimum atomic E-state index is -0.606. The highest BCUT2D eigenvalue weighted by Crippen LogP contribution is 2.40. The lowest BCUT2D eigenvalue weighted by molar-refractivity contribution is -0.267. The van der Waals surface area contributed by atoms with Gasteiger partial charge in [-0.1, -0.05) is 30.3 Å². The van der Waals surface area contributed by atoms with E-state index in [-0.39, 0.29) is 12.1 Å². The van der Waals surface area contributed by atoms with Crippen molar-refractivity contribution in [2.45, 2.75) is 64.7 Å². The third kappa shape index (κ3) is 3.72. The smallest absolute Gasteiger partial charge is 0.311 e. The van der Waals surface area contributed by atoms with Gasteiger partial charge in [-0.25, -0.2) is 0 Å². The first kappa shape index (κ1) is 18.3. The average molecular weight is 350 g/mol. The van der Waals surface area contributed by atoms with Gasteiger partial charge in [0.1, 0.15) is 12.2 Å². The third-order valence-corrected chi connectivity index (χ3v) is 4.45. The highest BCUT2D eigenvalue weighted by atomic mass is 16.8. The Kier molecular flexibility index (Phi) is 5.16. The van der Waals surface area contributed by atoms with Gasteiger partial charge in [-0.05, 0) is 27.7 Å². The van der Waals surface area contributed by atoms with Crippen LogP contribution in [0.1, 0.15) is 39.5 Å². The molecule has 0 spiro atoms. The fourth-order valence-corrected chi connectivity index (χ4v) is 3.01. The number of carbonyl (C=O) groups is 1. The van der Waals surface area contributed by atoms with E-state index in [4.69, 9.17) is 23.7 Å². The van der Waals surface area contributed by atoms with Crippen molar-refractivity contribution < 1.29 is 28.5 Å². The number of carbonyl (C=O) groups excluding carboxylic acids is 1. The monoisotopic (exact) mass is 350 g/mol. The lowest BCUT2D eigenvalue weighted by atomic mass is 9.95. The Bertz CT molecular complexity index is 596. The lowest BCUT2D eigenvalue weighted by Crippen LogP contribution is -2.57. The summed E-state index contributed by atoms with van der Waals surface area (Å²) in [5, 5.41) is 0. The summed E-state index contributed by atoms with van der Waals surface area (Å²) in [6.45, 7) is 7.30. The summed E-state index contributed by atoms with van der Waals surface area (Å²) in [6, 6.07) is 9.65. The average Bonchev–Trinajstić information content (AvgIpc) is 3.02. The zero-order valence-electron chi connectivity index (χ0n) is 15.3. The molecule has 138 valence electrons. The van der Waals surface area contributed by atoms with Crippen LogP contribution in [0.25, 0.3) is 0 Å². The number of ether oxygens (including phenoxy) is 5. The number of methoxy groups -OCH3 is 1. The van der Waals surface area contributed by atoms with E-state index < -0.39 is 36.3 Å². The molecule has 0 aromatic heterocycles. The molecule has 0 bridgehead atoms. The molecule has 2 saturated heterocycles. The molecule has 6 atom stereocenters. The van der Waals surface area contributed by atoms with E-state index in [1.807, 2.05) is 58.0 Å². The Morgan fingerprint density at radius 3 is 2.28 bits per heavy atom. The molecule has 0 radical (unpaired) electrons. The fourth-order valence-electron chi connectivity index (χ4n) is 3.01. The second-order valence-corrected chi connectivity index (χ2v) is 7.51. The van der Waals surface area contributed by atoms with Gasteiger partial charge in [0, 0.05) is 12.7 Å². The number of esters is 1. The van der Waals surface area contributed by atoms with Gasteiger partial charge in [0.05, 0.1) is 11.5 Å². The van der Waals surface area contributed by atoms with Gasteiger partial charge < -0.3 is 23.7 Å². The quantitative estimate of drug-likeness (QED) is 0.781. The van der Waals surface area contributed by atoms with Gasteiger partial charge in [0.15, 0.2) is 18.7 Å². The summed E-state index contributed by atoms with van der Waals surface area (Å²) in [4.78, 5) is 12.4. The largest absolute Gasteiger partial charge is 0.456 e. The summed E-state index contributed by atoms with van der Waals surface area (Å²) >= 11 is 0. The maximum absolute atomic E-state index is 12.4. The van der Waals surface area contributed by atoms with Crippen molar-refractivity contribution in [3.63, 3.8) is 0 Å². The van der Waals surface area contributed by atoms with Gasteiger partial charge in [0.2, 0.25) is 0 Å². The van der Waals surface area contributed by atoms with Crippen LogP contribution in [0, 0.1) is 5.41 Å². The summed E-state index contributed by atoms with van der Waals surface area (Å²) < 4.78 is 29.2. The zero-order chi connectivity index (χ0) is 18.2. The molecule has 0 aliphatic carbocycles. The van der Waals surface area contributed by atoms with Crippen molar-refractivity contribution in [1.82, 2.24) is 0 Å². The Labute approximate surface area is 148 Å². The molecule has 0 unspecified atom stereocenters. The maximum atomic E-state index is 12.4. The van der Waals surface area contributed by atoms with E-state index in [1.54, 1.807) is 7.11 Å². The molecule has 0 saturated carbocycles. The maximum Gasteiger partial charge on any atom is 0.311 e. The lowest BCUT2D eigenvalue weighted by Gasteiger charge is -2.40. The Morgan fingerprint density at radius 1 is 1.04 bits per heavy atom. The predicted octanol–water partition coefficient (Wildman–Crippen LogP) is 2.82. The number of benzene rings is 1. The zero-order valence-corrected chi connectivity index (χ0v) is 15.3. The van der Waals surface area contributed by atoms with Crippen LogP contribution in [0.5, 0.6) is 0 Å². The highest BCUT2D eigenvalue weighted by molar-refractivity contribution is 5.75. The minimum absolute atomic E-state index is 0.297. The molecule has 0 N–H and O–H groups in total. The van der Waals surface area contributed by atoms with E-state index in [9.17, 15) is 4.79 Å². The molecule has 2 heterocycles. The first-order chi connectivity index (χ1) is 11.8. The molecule has 6 nitrogen and oxygen atoms in total. The molecule has 2 aliphatic heterocycles.